The van der Waals surface area contributed by atoms with Gasteiger partial charge in [-0.25, -0.2) is 4.79 Å². The van der Waals surface area contributed by atoms with E-state index in [0.717, 1.165) is 11.1 Å². The molecule has 0 spiro atoms. The van der Waals surface area contributed by atoms with Crippen molar-refractivity contribution in [1.29, 1.82) is 0 Å². The number of benzene rings is 2. The van der Waals surface area contributed by atoms with Crippen LogP contribution in [0.3, 0.4) is 0 Å². The first kappa shape index (κ1) is 20.6. The van der Waals surface area contributed by atoms with Gasteiger partial charge in [0, 0.05) is 5.56 Å². The van der Waals surface area contributed by atoms with Crippen LogP contribution in [0, 0.1) is 0 Å². The lowest BCUT2D eigenvalue weighted by molar-refractivity contribution is 0.0696. The Morgan fingerprint density at radius 1 is 0.852 bits per heavy atom. The number of allylic oxidation sites excluding steroid dienone is 1. The largest absolute Gasteiger partial charge is 0.478 e. The van der Waals surface area contributed by atoms with Crippen LogP contribution in [0.4, 0.5) is 0 Å². The van der Waals surface area contributed by atoms with E-state index in [4.69, 9.17) is 0 Å². The van der Waals surface area contributed by atoms with Gasteiger partial charge in [-0.15, -0.1) is 0 Å². The summed E-state index contributed by atoms with van der Waals surface area (Å²) < 4.78 is 0. The minimum Gasteiger partial charge on any atom is -0.478 e. The minimum atomic E-state index is -1.01. The lowest BCUT2D eigenvalue weighted by Gasteiger charge is -2.25. The summed E-state index contributed by atoms with van der Waals surface area (Å²) in [6, 6.07) is 12.7. The van der Waals surface area contributed by atoms with E-state index >= 15 is 0 Å². The number of carbonyl (C=O) groups excluding carboxylic acids is 1. The Hall–Kier alpha value is -2.68. The second-order valence-corrected chi connectivity index (χ2v) is 8.89. The van der Waals surface area contributed by atoms with Crippen molar-refractivity contribution < 1.29 is 14.7 Å². The van der Waals surface area contributed by atoms with Crippen molar-refractivity contribution in [3.05, 3.63) is 76.4 Å². The van der Waals surface area contributed by atoms with E-state index in [-0.39, 0.29) is 22.2 Å². The quantitative estimate of drug-likeness (QED) is 0.545. The van der Waals surface area contributed by atoms with Crippen LogP contribution in [0.2, 0.25) is 0 Å². The summed E-state index contributed by atoms with van der Waals surface area (Å²) in [7, 11) is 0. The van der Waals surface area contributed by atoms with E-state index in [1.807, 2.05) is 12.1 Å². The number of carbonyl (C=O) groups is 2. The number of aromatic carboxylic acids is 1. The van der Waals surface area contributed by atoms with Gasteiger partial charge >= 0.3 is 5.97 Å². The summed E-state index contributed by atoms with van der Waals surface area (Å²) in [4.78, 5) is 24.2. The van der Waals surface area contributed by atoms with Gasteiger partial charge < -0.3 is 5.11 Å². The molecule has 0 aliphatic rings. The van der Waals surface area contributed by atoms with Gasteiger partial charge in [0.1, 0.15) is 0 Å². The van der Waals surface area contributed by atoms with Gasteiger partial charge in [-0.1, -0.05) is 71.9 Å². The van der Waals surface area contributed by atoms with E-state index in [2.05, 4.69) is 47.6 Å². The Morgan fingerprint density at radius 2 is 1.37 bits per heavy atom. The molecule has 1 N–H and O–H groups in total. The molecule has 2 aromatic carbocycles. The topological polar surface area (TPSA) is 54.4 Å². The summed E-state index contributed by atoms with van der Waals surface area (Å²) in [6.07, 6.45) is 3.03. The Kier molecular flexibility index (Phi) is 5.74. The fourth-order valence-corrected chi connectivity index (χ4v) is 2.73. The lowest BCUT2D eigenvalue weighted by atomic mass is 9.79. The SMILES string of the molecule is CC(C)(C)c1cc(C(=O)C=Cc2ccccc2C(=O)O)cc(C(C)(C)C)c1. The molecule has 2 rings (SSSR count). The van der Waals surface area contributed by atoms with Crippen LogP contribution in [0.5, 0.6) is 0 Å². The number of carboxylic acids is 1. The Balaban J connectivity index is 2.46. The van der Waals surface area contributed by atoms with Gasteiger partial charge in [0.2, 0.25) is 0 Å². The van der Waals surface area contributed by atoms with Crippen molar-refractivity contribution >= 4 is 17.8 Å². The highest BCUT2D eigenvalue weighted by atomic mass is 16.4. The third kappa shape index (κ3) is 5.16. The fourth-order valence-electron chi connectivity index (χ4n) is 2.73. The predicted molar refractivity (Wildman–Crippen MR) is 111 cm³/mol. The number of carboxylic acid groups (broad SMARTS) is 1. The van der Waals surface area contributed by atoms with Gasteiger partial charge in [0.15, 0.2) is 5.78 Å². The lowest BCUT2D eigenvalue weighted by Crippen LogP contribution is -2.17. The zero-order valence-electron chi connectivity index (χ0n) is 17.0. The monoisotopic (exact) mass is 364 g/mol. The van der Waals surface area contributed by atoms with Gasteiger partial charge in [0.25, 0.3) is 0 Å². The van der Waals surface area contributed by atoms with Crippen LogP contribution >= 0.6 is 0 Å². The maximum atomic E-state index is 12.8. The second kappa shape index (κ2) is 7.51. The number of hydrogen-bond acceptors (Lipinski definition) is 2. The maximum absolute atomic E-state index is 12.8. The van der Waals surface area contributed by atoms with Crippen molar-refractivity contribution in [3.63, 3.8) is 0 Å². The molecule has 27 heavy (non-hydrogen) atoms. The summed E-state index contributed by atoms with van der Waals surface area (Å²) in [6.45, 7) is 12.8. The molecule has 0 aliphatic carbocycles. The molecule has 3 heteroatoms. The molecule has 0 bridgehead atoms. The average Bonchev–Trinajstić information content (AvgIpc) is 2.57. The molecular formula is C24H28O3. The fraction of sp³-hybridized carbons (Fsp3) is 0.333. The van der Waals surface area contributed by atoms with Crippen molar-refractivity contribution in [2.45, 2.75) is 52.4 Å². The standard InChI is InChI=1S/C24H28O3/c1-23(2,3)18-13-17(14-19(15-18)24(4,5)6)21(25)12-11-16-9-7-8-10-20(16)22(26)27/h7-15H,1-6H3,(H,26,27). The van der Waals surface area contributed by atoms with Crippen LogP contribution in [-0.2, 0) is 10.8 Å². The first-order chi connectivity index (χ1) is 12.4. The Labute approximate surface area is 161 Å². The van der Waals surface area contributed by atoms with Crippen LogP contribution < -0.4 is 0 Å². The normalized spacial score (nSPS) is 12.4. The third-order valence-electron chi connectivity index (χ3n) is 4.56. The van der Waals surface area contributed by atoms with Crippen LogP contribution in [0.25, 0.3) is 6.08 Å². The number of hydrogen-bond donors (Lipinski definition) is 1. The zero-order valence-corrected chi connectivity index (χ0v) is 17.0. The first-order valence-electron chi connectivity index (χ1n) is 9.10. The second-order valence-electron chi connectivity index (χ2n) is 8.89. The molecule has 0 atom stereocenters. The van der Waals surface area contributed by atoms with Gasteiger partial charge in [-0.3, -0.25) is 4.79 Å². The maximum Gasteiger partial charge on any atom is 0.336 e. The number of ketones is 1. The summed E-state index contributed by atoms with van der Waals surface area (Å²) >= 11 is 0. The summed E-state index contributed by atoms with van der Waals surface area (Å²) in [5, 5.41) is 9.28. The molecule has 0 aliphatic heterocycles. The summed E-state index contributed by atoms with van der Waals surface area (Å²) in [5.74, 6) is -1.14. The molecule has 0 saturated heterocycles. The van der Waals surface area contributed by atoms with E-state index < -0.39 is 5.97 Å². The smallest absolute Gasteiger partial charge is 0.336 e. The predicted octanol–water partition coefficient (Wildman–Crippen LogP) is 5.88. The molecule has 0 aromatic heterocycles. The molecule has 0 heterocycles. The van der Waals surface area contributed by atoms with Crippen LogP contribution in [0.1, 0.15) is 78.9 Å². The van der Waals surface area contributed by atoms with Crippen LogP contribution in [-0.4, -0.2) is 16.9 Å². The molecule has 2 aromatic rings. The highest BCUT2D eigenvalue weighted by Crippen LogP contribution is 2.30. The zero-order chi connectivity index (χ0) is 20.4. The Bertz CT molecular complexity index is 858. The highest BCUT2D eigenvalue weighted by molar-refractivity contribution is 6.07. The van der Waals surface area contributed by atoms with E-state index in [9.17, 15) is 14.7 Å². The average molecular weight is 364 g/mol. The van der Waals surface area contributed by atoms with Crippen LogP contribution in [0.15, 0.2) is 48.5 Å². The van der Waals surface area contributed by atoms with Gasteiger partial charge in [-0.2, -0.15) is 0 Å². The van der Waals surface area contributed by atoms with Crippen molar-refractivity contribution in [3.8, 4) is 0 Å². The molecule has 3 nitrogen and oxygen atoms in total. The van der Waals surface area contributed by atoms with E-state index in [1.165, 1.54) is 12.1 Å². The number of rotatable bonds is 4. The molecule has 0 unspecified atom stereocenters. The Morgan fingerprint density at radius 3 is 1.85 bits per heavy atom. The molecule has 0 fully saturated rings. The minimum absolute atomic E-state index is 0.0735. The molecule has 0 radical (unpaired) electrons. The van der Waals surface area contributed by atoms with E-state index in [1.54, 1.807) is 24.3 Å². The summed E-state index contributed by atoms with van der Waals surface area (Å²) in [5.41, 5.74) is 3.39. The van der Waals surface area contributed by atoms with Gasteiger partial charge in [-0.05, 0) is 51.8 Å². The first-order valence-corrected chi connectivity index (χ1v) is 9.10. The molecule has 142 valence electrons. The van der Waals surface area contributed by atoms with Crippen molar-refractivity contribution in [2.24, 2.45) is 0 Å². The molecule has 0 amide bonds. The van der Waals surface area contributed by atoms with Crippen molar-refractivity contribution in [1.82, 2.24) is 0 Å². The van der Waals surface area contributed by atoms with Gasteiger partial charge in [0.05, 0.1) is 5.56 Å². The third-order valence-corrected chi connectivity index (χ3v) is 4.56. The van der Waals surface area contributed by atoms with Crippen molar-refractivity contribution in [2.75, 3.05) is 0 Å². The highest BCUT2D eigenvalue weighted by Gasteiger charge is 2.21. The van der Waals surface area contributed by atoms with E-state index in [0.29, 0.717) is 11.1 Å². The molecular weight excluding hydrogens is 336 g/mol. The molecule has 0 saturated carbocycles.